The minimum Gasteiger partial charge on any atom is -0.369 e. The fourth-order valence-corrected chi connectivity index (χ4v) is 2.44. The number of rotatable bonds is 2. The first-order valence-corrected chi connectivity index (χ1v) is 6.62. The molecule has 2 N–H and O–H groups in total. The van der Waals surface area contributed by atoms with E-state index in [4.69, 9.17) is 5.73 Å². The molecule has 18 heavy (non-hydrogen) atoms. The van der Waals surface area contributed by atoms with Crippen LogP contribution in [0, 0.1) is 3.57 Å². The SMILES string of the molecule is Nc1nc2cc(I)ccc2n1Cc1cccnc1. The van der Waals surface area contributed by atoms with Gasteiger partial charge in [-0.25, -0.2) is 4.98 Å². The van der Waals surface area contributed by atoms with Crippen molar-refractivity contribution < 1.29 is 0 Å². The highest BCUT2D eigenvalue weighted by Gasteiger charge is 2.08. The molecule has 0 aliphatic carbocycles. The van der Waals surface area contributed by atoms with Crippen molar-refractivity contribution >= 4 is 39.6 Å². The highest BCUT2D eigenvalue weighted by atomic mass is 127. The van der Waals surface area contributed by atoms with Gasteiger partial charge in [0.1, 0.15) is 0 Å². The summed E-state index contributed by atoms with van der Waals surface area (Å²) in [7, 11) is 0. The summed E-state index contributed by atoms with van der Waals surface area (Å²) in [6.07, 6.45) is 3.61. The molecule has 0 unspecified atom stereocenters. The van der Waals surface area contributed by atoms with Crippen molar-refractivity contribution in [3.8, 4) is 0 Å². The van der Waals surface area contributed by atoms with Gasteiger partial charge in [-0.1, -0.05) is 6.07 Å². The molecule has 2 heterocycles. The average Bonchev–Trinajstić information content (AvgIpc) is 2.66. The zero-order valence-electron chi connectivity index (χ0n) is 9.55. The van der Waals surface area contributed by atoms with Crippen LogP contribution in [-0.4, -0.2) is 14.5 Å². The normalized spacial score (nSPS) is 10.9. The predicted molar refractivity (Wildman–Crippen MR) is 80.2 cm³/mol. The van der Waals surface area contributed by atoms with Gasteiger partial charge in [-0.05, 0) is 52.4 Å². The lowest BCUT2D eigenvalue weighted by Crippen LogP contribution is -2.04. The summed E-state index contributed by atoms with van der Waals surface area (Å²) >= 11 is 2.27. The van der Waals surface area contributed by atoms with Crippen LogP contribution in [0.15, 0.2) is 42.7 Å². The fraction of sp³-hybridized carbons (Fsp3) is 0.0769. The highest BCUT2D eigenvalue weighted by molar-refractivity contribution is 14.1. The van der Waals surface area contributed by atoms with Crippen LogP contribution >= 0.6 is 22.6 Å². The standard InChI is InChI=1S/C13H11IN4/c14-10-3-4-12-11(6-10)17-13(15)18(12)8-9-2-1-5-16-7-9/h1-7H,8H2,(H2,15,17). The third-order valence-electron chi connectivity index (χ3n) is 2.80. The Labute approximate surface area is 118 Å². The van der Waals surface area contributed by atoms with Gasteiger partial charge in [0.05, 0.1) is 17.6 Å². The van der Waals surface area contributed by atoms with E-state index < -0.39 is 0 Å². The Kier molecular flexibility index (Phi) is 2.91. The Balaban J connectivity index is 2.09. The van der Waals surface area contributed by atoms with Crippen LogP contribution in [-0.2, 0) is 6.54 Å². The Morgan fingerprint density at radius 3 is 2.94 bits per heavy atom. The van der Waals surface area contributed by atoms with E-state index in [-0.39, 0.29) is 0 Å². The maximum atomic E-state index is 5.98. The van der Waals surface area contributed by atoms with Gasteiger partial charge in [0.25, 0.3) is 0 Å². The van der Waals surface area contributed by atoms with Gasteiger partial charge in [-0.15, -0.1) is 0 Å². The summed E-state index contributed by atoms with van der Waals surface area (Å²) in [5.74, 6) is 0.538. The molecular weight excluding hydrogens is 339 g/mol. The largest absolute Gasteiger partial charge is 0.369 e. The number of aromatic nitrogens is 3. The van der Waals surface area contributed by atoms with Gasteiger partial charge < -0.3 is 10.3 Å². The lowest BCUT2D eigenvalue weighted by Gasteiger charge is -2.06. The zero-order chi connectivity index (χ0) is 12.5. The molecule has 4 nitrogen and oxygen atoms in total. The summed E-state index contributed by atoms with van der Waals surface area (Å²) in [6, 6.07) is 10.1. The van der Waals surface area contributed by atoms with Crippen molar-refractivity contribution in [1.29, 1.82) is 0 Å². The second kappa shape index (κ2) is 4.56. The third-order valence-corrected chi connectivity index (χ3v) is 3.47. The summed E-state index contributed by atoms with van der Waals surface area (Å²) in [5, 5.41) is 0. The van der Waals surface area contributed by atoms with E-state index in [0.29, 0.717) is 12.5 Å². The maximum absolute atomic E-state index is 5.98. The Morgan fingerprint density at radius 2 is 2.17 bits per heavy atom. The number of fused-ring (bicyclic) bond motifs is 1. The van der Waals surface area contributed by atoms with Crippen molar-refractivity contribution in [3.63, 3.8) is 0 Å². The molecule has 5 heteroatoms. The monoisotopic (exact) mass is 350 g/mol. The number of anilines is 1. The highest BCUT2D eigenvalue weighted by Crippen LogP contribution is 2.21. The van der Waals surface area contributed by atoms with E-state index in [1.165, 1.54) is 0 Å². The number of pyridine rings is 1. The number of hydrogen-bond donors (Lipinski definition) is 1. The molecule has 0 atom stereocenters. The van der Waals surface area contributed by atoms with E-state index in [2.05, 4.69) is 44.7 Å². The fourth-order valence-electron chi connectivity index (χ4n) is 1.96. The first-order chi connectivity index (χ1) is 8.74. The summed E-state index contributed by atoms with van der Waals surface area (Å²) in [6.45, 7) is 0.691. The molecule has 0 aliphatic heterocycles. The number of nitrogens with zero attached hydrogens (tertiary/aromatic N) is 3. The van der Waals surface area contributed by atoms with Gasteiger partial charge in [0, 0.05) is 16.0 Å². The van der Waals surface area contributed by atoms with Crippen molar-refractivity contribution in [2.45, 2.75) is 6.54 Å². The number of halogens is 1. The van der Waals surface area contributed by atoms with E-state index in [0.717, 1.165) is 20.2 Å². The molecule has 90 valence electrons. The number of nitrogens with two attached hydrogens (primary N) is 1. The van der Waals surface area contributed by atoms with Crippen LogP contribution in [0.1, 0.15) is 5.56 Å². The predicted octanol–water partition coefficient (Wildman–Crippen LogP) is 2.67. The molecular formula is C13H11IN4. The summed E-state index contributed by atoms with van der Waals surface area (Å²) < 4.78 is 3.16. The molecule has 0 spiro atoms. The van der Waals surface area contributed by atoms with Gasteiger partial charge in [0.2, 0.25) is 5.95 Å². The molecule has 0 saturated heterocycles. The van der Waals surface area contributed by atoms with Gasteiger partial charge in [-0.2, -0.15) is 0 Å². The second-order valence-electron chi connectivity index (χ2n) is 4.05. The summed E-state index contributed by atoms with van der Waals surface area (Å²) in [4.78, 5) is 8.50. The Hall–Kier alpha value is -1.63. The van der Waals surface area contributed by atoms with Gasteiger partial charge in [0.15, 0.2) is 0 Å². The second-order valence-corrected chi connectivity index (χ2v) is 5.30. The minimum absolute atomic E-state index is 0.538. The summed E-state index contributed by atoms with van der Waals surface area (Å²) in [5.41, 5.74) is 9.08. The molecule has 0 saturated carbocycles. The zero-order valence-corrected chi connectivity index (χ0v) is 11.7. The van der Waals surface area contributed by atoms with Crippen LogP contribution in [0.25, 0.3) is 11.0 Å². The lowest BCUT2D eigenvalue weighted by molar-refractivity contribution is 0.833. The van der Waals surface area contributed by atoms with E-state index in [9.17, 15) is 0 Å². The van der Waals surface area contributed by atoms with Crippen molar-refractivity contribution in [2.24, 2.45) is 0 Å². The van der Waals surface area contributed by atoms with Crippen LogP contribution in [0.5, 0.6) is 0 Å². The van der Waals surface area contributed by atoms with Gasteiger partial charge in [-0.3, -0.25) is 4.98 Å². The molecule has 0 amide bonds. The number of nitrogen functional groups attached to an aromatic ring is 1. The number of imidazole rings is 1. The number of hydrogen-bond acceptors (Lipinski definition) is 3. The molecule has 3 rings (SSSR count). The molecule has 2 aromatic heterocycles. The Bertz CT molecular complexity index is 691. The van der Waals surface area contributed by atoms with Crippen molar-refractivity contribution in [3.05, 3.63) is 51.9 Å². The Morgan fingerprint density at radius 1 is 1.28 bits per heavy atom. The van der Waals surface area contributed by atoms with Crippen molar-refractivity contribution in [1.82, 2.24) is 14.5 Å². The molecule has 0 radical (unpaired) electrons. The average molecular weight is 350 g/mol. The van der Waals surface area contributed by atoms with Gasteiger partial charge >= 0.3 is 0 Å². The van der Waals surface area contributed by atoms with Crippen molar-refractivity contribution in [2.75, 3.05) is 5.73 Å². The van der Waals surface area contributed by atoms with Crippen LogP contribution in [0.4, 0.5) is 5.95 Å². The molecule has 0 aliphatic rings. The third kappa shape index (κ3) is 2.05. The molecule has 0 bridgehead atoms. The molecule has 1 aromatic carbocycles. The van der Waals surface area contributed by atoms with Crippen LogP contribution in [0.3, 0.4) is 0 Å². The topological polar surface area (TPSA) is 56.7 Å². The number of benzene rings is 1. The van der Waals surface area contributed by atoms with Crippen LogP contribution in [0.2, 0.25) is 0 Å². The van der Waals surface area contributed by atoms with E-state index in [1.807, 2.05) is 29.0 Å². The first-order valence-electron chi connectivity index (χ1n) is 5.54. The molecule has 0 fully saturated rings. The maximum Gasteiger partial charge on any atom is 0.201 e. The lowest BCUT2D eigenvalue weighted by atomic mass is 10.2. The van der Waals surface area contributed by atoms with E-state index >= 15 is 0 Å². The first kappa shape index (κ1) is 11.5. The quantitative estimate of drug-likeness (QED) is 0.723. The van der Waals surface area contributed by atoms with Crippen LogP contribution < -0.4 is 5.73 Å². The van der Waals surface area contributed by atoms with E-state index in [1.54, 1.807) is 6.20 Å². The minimum atomic E-state index is 0.538. The molecule has 3 aromatic rings. The smallest absolute Gasteiger partial charge is 0.201 e.